The van der Waals surface area contributed by atoms with Gasteiger partial charge in [0.2, 0.25) is 0 Å². The van der Waals surface area contributed by atoms with Gasteiger partial charge in [0.15, 0.2) is 0 Å². The van der Waals surface area contributed by atoms with Crippen molar-refractivity contribution in [1.82, 2.24) is 0 Å². The molecule has 0 unspecified atom stereocenters. The molecule has 0 spiro atoms. The fourth-order valence-corrected chi connectivity index (χ4v) is 2.43. The predicted molar refractivity (Wildman–Crippen MR) is 72.4 cm³/mol. The smallest absolute Gasteiger partial charge is 0.0477 e. The van der Waals surface area contributed by atoms with Crippen LogP contribution in [0, 0.1) is 13.8 Å². The second-order valence-electron chi connectivity index (χ2n) is 4.34. The van der Waals surface area contributed by atoms with Crippen molar-refractivity contribution < 1.29 is 0 Å². The van der Waals surface area contributed by atoms with Crippen LogP contribution in [0.3, 0.4) is 0 Å². The van der Waals surface area contributed by atoms with Crippen LogP contribution in [0.25, 0.3) is 10.8 Å². The van der Waals surface area contributed by atoms with Gasteiger partial charge >= 0.3 is 0 Å². The summed E-state index contributed by atoms with van der Waals surface area (Å²) >= 11 is 6.00. The van der Waals surface area contributed by atoms with Gasteiger partial charge in [-0.2, -0.15) is 0 Å². The number of benzene rings is 2. The molecule has 2 aromatic rings. The summed E-state index contributed by atoms with van der Waals surface area (Å²) in [5.41, 5.74) is 5.35. The lowest BCUT2D eigenvalue weighted by atomic mass is 9.95. The molecule has 16 heavy (non-hydrogen) atoms. The van der Waals surface area contributed by atoms with Gasteiger partial charge in [0, 0.05) is 5.88 Å². The highest BCUT2D eigenvalue weighted by atomic mass is 35.5. The van der Waals surface area contributed by atoms with E-state index in [1.54, 1.807) is 0 Å². The van der Waals surface area contributed by atoms with Gasteiger partial charge in [-0.05, 0) is 59.4 Å². The Bertz CT molecular complexity index is 526. The van der Waals surface area contributed by atoms with Gasteiger partial charge in [-0.3, -0.25) is 0 Å². The largest absolute Gasteiger partial charge is 0.122 e. The third-order valence-electron chi connectivity index (χ3n) is 3.41. The van der Waals surface area contributed by atoms with E-state index in [0.29, 0.717) is 5.88 Å². The first kappa shape index (κ1) is 11.5. The minimum atomic E-state index is 0.604. The van der Waals surface area contributed by atoms with Gasteiger partial charge in [0.1, 0.15) is 0 Å². The van der Waals surface area contributed by atoms with Crippen LogP contribution in [0.2, 0.25) is 0 Å². The molecule has 0 radical (unpaired) electrons. The lowest BCUT2D eigenvalue weighted by Gasteiger charge is -2.11. The molecule has 2 rings (SSSR count). The summed E-state index contributed by atoms with van der Waals surface area (Å²) < 4.78 is 0. The molecule has 84 valence electrons. The van der Waals surface area contributed by atoms with Crippen LogP contribution < -0.4 is 0 Å². The highest BCUT2D eigenvalue weighted by Gasteiger charge is 2.05. The molecule has 0 saturated heterocycles. The van der Waals surface area contributed by atoms with Crippen LogP contribution >= 0.6 is 11.6 Å². The Morgan fingerprint density at radius 1 is 1.06 bits per heavy atom. The lowest BCUT2D eigenvalue weighted by molar-refractivity contribution is 1.11. The Labute approximate surface area is 102 Å². The molecule has 0 atom stereocenters. The van der Waals surface area contributed by atoms with E-state index in [-0.39, 0.29) is 0 Å². The fraction of sp³-hybridized carbons (Fsp3) is 0.333. The lowest BCUT2D eigenvalue weighted by Crippen LogP contribution is -1.92. The molecule has 0 aliphatic carbocycles. The SMILES string of the molecule is CCc1cc2ccc(C)c(C)c2cc1CCl. The van der Waals surface area contributed by atoms with Crippen LogP contribution in [-0.2, 0) is 12.3 Å². The maximum absolute atomic E-state index is 6.00. The van der Waals surface area contributed by atoms with Crippen molar-refractivity contribution in [3.8, 4) is 0 Å². The summed E-state index contributed by atoms with van der Waals surface area (Å²) in [6.45, 7) is 6.52. The van der Waals surface area contributed by atoms with Crippen LogP contribution in [0.5, 0.6) is 0 Å². The van der Waals surface area contributed by atoms with Crippen LogP contribution in [0.15, 0.2) is 24.3 Å². The average Bonchev–Trinajstić information content (AvgIpc) is 2.32. The number of halogens is 1. The minimum absolute atomic E-state index is 0.604. The fourth-order valence-electron chi connectivity index (χ4n) is 2.18. The number of aryl methyl sites for hydroxylation is 3. The first-order valence-corrected chi connectivity index (χ1v) is 6.28. The molecule has 0 saturated carbocycles. The third-order valence-corrected chi connectivity index (χ3v) is 3.69. The number of hydrogen-bond donors (Lipinski definition) is 0. The molecule has 0 aliphatic heterocycles. The van der Waals surface area contributed by atoms with E-state index < -0.39 is 0 Å². The molecule has 0 bridgehead atoms. The van der Waals surface area contributed by atoms with E-state index in [1.165, 1.54) is 33.0 Å². The van der Waals surface area contributed by atoms with Gasteiger partial charge in [-0.25, -0.2) is 0 Å². The minimum Gasteiger partial charge on any atom is -0.122 e. The maximum Gasteiger partial charge on any atom is 0.0477 e. The molecule has 1 heteroatoms. The standard InChI is InChI=1S/C15H17Cl/c1-4-12-7-13-6-5-10(2)11(3)15(13)8-14(12)9-16/h5-8H,4,9H2,1-3H3. The molecule has 0 fully saturated rings. The van der Waals surface area contributed by atoms with Crippen molar-refractivity contribution in [1.29, 1.82) is 0 Å². The molecule has 0 N–H and O–H groups in total. The molecule has 0 aliphatic rings. The Morgan fingerprint density at radius 2 is 1.81 bits per heavy atom. The summed E-state index contributed by atoms with van der Waals surface area (Å²) in [7, 11) is 0. The summed E-state index contributed by atoms with van der Waals surface area (Å²) in [6, 6.07) is 8.93. The number of fused-ring (bicyclic) bond motifs is 1. The first-order chi connectivity index (χ1) is 7.67. The molecular formula is C15H17Cl. The first-order valence-electron chi connectivity index (χ1n) is 5.75. The van der Waals surface area contributed by atoms with E-state index in [9.17, 15) is 0 Å². The highest BCUT2D eigenvalue weighted by molar-refractivity contribution is 6.17. The summed E-state index contributed by atoms with van der Waals surface area (Å²) in [4.78, 5) is 0. The molecule has 2 aromatic carbocycles. The Kier molecular flexibility index (Phi) is 3.20. The molecule has 0 amide bonds. The van der Waals surface area contributed by atoms with Crippen LogP contribution in [-0.4, -0.2) is 0 Å². The molecule has 0 nitrogen and oxygen atoms in total. The maximum atomic E-state index is 6.00. The van der Waals surface area contributed by atoms with E-state index in [4.69, 9.17) is 11.6 Å². The van der Waals surface area contributed by atoms with Gasteiger partial charge < -0.3 is 0 Å². The van der Waals surface area contributed by atoms with Crippen molar-refractivity contribution in [2.24, 2.45) is 0 Å². The normalized spacial score (nSPS) is 11.0. The van der Waals surface area contributed by atoms with Crippen molar-refractivity contribution in [2.75, 3.05) is 0 Å². The average molecular weight is 233 g/mol. The monoisotopic (exact) mass is 232 g/mol. The number of alkyl halides is 1. The van der Waals surface area contributed by atoms with Crippen LogP contribution in [0.1, 0.15) is 29.2 Å². The Morgan fingerprint density at radius 3 is 2.44 bits per heavy atom. The third kappa shape index (κ3) is 1.82. The van der Waals surface area contributed by atoms with Crippen molar-refractivity contribution in [2.45, 2.75) is 33.1 Å². The van der Waals surface area contributed by atoms with E-state index in [0.717, 1.165) is 6.42 Å². The van der Waals surface area contributed by atoms with Gasteiger partial charge in [0.05, 0.1) is 0 Å². The zero-order valence-corrected chi connectivity index (χ0v) is 10.9. The van der Waals surface area contributed by atoms with Gasteiger partial charge in [-0.15, -0.1) is 11.6 Å². The number of rotatable bonds is 2. The Hall–Kier alpha value is -1.01. The van der Waals surface area contributed by atoms with Crippen molar-refractivity contribution >= 4 is 22.4 Å². The van der Waals surface area contributed by atoms with E-state index >= 15 is 0 Å². The predicted octanol–water partition coefficient (Wildman–Crippen LogP) is 4.76. The zero-order chi connectivity index (χ0) is 11.7. The quantitative estimate of drug-likeness (QED) is 0.655. The van der Waals surface area contributed by atoms with Gasteiger partial charge in [0.25, 0.3) is 0 Å². The van der Waals surface area contributed by atoms with E-state index in [2.05, 4.69) is 45.0 Å². The van der Waals surface area contributed by atoms with Crippen molar-refractivity contribution in [3.05, 3.63) is 46.5 Å². The molecule has 0 aromatic heterocycles. The Balaban J connectivity index is 2.78. The zero-order valence-electron chi connectivity index (χ0n) is 10.1. The molecular weight excluding hydrogens is 216 g/mol. The summed E-state index contributed by atoms with van der Waals surface area (Å²) in [5, 5.41) is 2.67. The second kappa shape index (κ2) is 4.47. The summed E-state index contributed by atoms with van der Waals surface area (Å²) in [5.74, 6) is 0.604. The molecule has 0 heterocycles. The topological polar surface area (TPSA) is 0 Å². The van der Waals surface area contributed by atoms with E-state index in [1.807, 2.05) is 0 Å². The van der Waals surface area contributed by atoms with Crippen LogP contribution in [0.4, 0.5) is 0 Å². The highest BCUT2D eigenvalue weighted by Crippen LogP contribution is 2.26. The van der Waals surface area contributed by atoms with Crippen molar-refractivity contribution in [3.63, 3.8) is 0 Å². The number of hydrogen-bond acceptors (Lipinski definition) is 0. The summed E-state index contributed by atoms with van der Waals surface area (Å²) in [6.07, 6.45) is 1.05. The second-order valence-corrected chi connectivity index (χ2v) is 4.60. The van der Waals surface area contributed by atoms with Gasteiger partial charge in [-0.1, -0.05) is 25.1 Å².